The van der Waals surface area contributed by atoms with Gasteiger partial charge < -0.3 is 4.79 Å². The number of nitrogens with zero attached hydrogens (tertiary/aromatic N) is 1. The Hall–Kier alpha value is -0.890. The summed E-state index contributed by atoms with van der Waals surface area (Å²) in [5.74, 6) is -0.0961. The smallest absolute Gasteiger partial charge is 0.127 e. The van der Waals surface area contributed by atoms with Gasteiger partial charge in [-0.2, -0.15) is 5.26 Å². The van der Waals surface area contributed by atoms with Crippen LogP contribution in [0.25, 0.3) is 0 Å². The summed E-state index contributed by atoms with van der Waals surface area (Å²) in [5, 5.41) is 8.68. The number of hydrogen-bond acceptors (Lipinski definition) is 2. The molecule has 3 heteroatoms. The summed E-state index contributed by atoms with van der Waals surface area (Å²) in [6.45, 7) is 1.84. The van der Waals surface area contributed by atoms with Crippen LogP contribution in [0.4, 0.5) is 0 Å². The van der Waals surface area contributed by atoms with Gasteiger partial charge in [0.15, 0.2) is 0 Å². The van der Waals surface area contributed by atoms with E-state index < -0.39 is 0 Å². The molecule has 0 heterocycles. The Bertz CT molecular complexity index is 368. The lowest BCUT2D eigenvalue weighted by Gasteiger charge is -2.04. The summed E-state index contributed by atoms with van der Waals surface area (Å²) >= 11 is 2.10. The van der Waals surface area contributed by atoms with E-state index in [9.17, 15) is 4.79 Å². The highest BCUT2D eigenvalue weighted by molar-refractivity contribution is 14.1. The van der Waals surface area contributed by atoms with E-state index in [4.69, 9.17) is 5.26 Å². The predicted octanol–water partition coefficient (Wildman–Crippen LogP) is 2.47. The van der Waals surface area contributed by atoms with E-state index in [0.717, 1.165) is 15.4 Å². The number of rotatable bonds is 2. The van der Waals surface area contributed by atoms with Crippen molar-refractivity contribution >= 4 is 28.9 Å². The Morgan fingerprint density at radius 2 is 2.31 bits per heavy atom. The SMILES string of the molecule is CC(C=O)c1ccc(C#N)c(I)c1. The van der Waals surface area contributed by atoms with Crippen molar-refractivity contribution in [3.05, 3.63) is 32.9 Å². The first-order chi connectivity index (χ1) is 6.19. The summed E-state index contributed by atoms with van der Waals surface area (Å²) in [7, 11) is 0. The Kier molecular flexibility index (Phi) is 3.43. The largest absolute Gasteiger partial charge is 0.303 e. The molecule has 0 amide bonds. The van der Waals surface area contributed by atoms with Crippen LogP contribution < -0.4 is 0 Å². The Morgan fingerprint density at radius 3 is 2.77 bits per heavy atom. The minimum absolute atomic E-state index is 0.0961. The van der Waals surface area contributed by atoms with Crippen LogP contribution >= 0.6 is 22.6 Å². The molecule has 1 aromatic rings. The van der Waals surface area contributed by atoms with Crippen molar-refractivity contribution in [3.63, 3.8) is 0 Å². The van der Waals surface area contributed by atoms with Crippen molar-refractivity contribution in [2.45, 2.75) is 12.8 Å². The third kappa shape index (κ3) is 2.28. The fourth-order valence-corrected chi connectivity index (χ4v) is 1.64. The second-order valence-electron chi connectivity index (χ2n) is 2.78. The van der Waals surface area contributed by atoms with E-state index in [1.54, 1.807) is 6.07 Å². The average molecular weight is 285 g/mol. The number of benzene rings is 1. The molecule has 0 spiro atoms. The molecule has 0 aliphatic rings. The number of carbonyl (C=O) groups is 1. The first-order valence-corrected chi connectivity index (χ1v) is 4.91. The zero-order valence-corrected chi connectivity index (χ0v) is 9.28. The van der Waals surface area contributed by atoms with Crippen LogP contribution in [0, 0.1) is 14.9 Å². The monoisotopic (exact) mass is 285 g/mol. The lowest BCUT2D eigenvalue weighted by atomic mass is 10.0. The van der Waals surface area contributed by atoms with Gasteiger partial charge in [0.1, 0.15) is 12.4 Å². The standard InChI is InChI=1S/C10H8INO/c1-7(6-13)8-2-3-9(5-12)10(11)4-8/h2-4,6-7H,1H3. The topological polar surface area (TPSA) is 40.9 Å². The van der Waals surface area contributed by atoms with Crippen molar-refractivity contribution in [3.8, 4) is 6.07 Å². The molecule has 0 aliphatic heterocycles. The third-order valence-electron chi connectivity index (χ3n) is 1.84. The number of aldehydes is 1. The van der Waals surface area contributed by atoms with E-state index in [1.807, 2.05) is 19.1 Å². The van der Waals surface area contributed by atoms with Gasteiger partial charge >= 0.3 is 0 Å². The Morgan fingerprint density at radius 1 is 1.62 bits per heavy atom. The lowest BCUT2D eigenvalue weighted by molar-refractivity contribution is -0.108. The maximum Gasteiger partial charge on any atom is 0.127 e. The molecule has 0 saturated heterocycles. The molecule has 66 valence electrons. The molecule has 13 heavy (non-hydrogen) atoms. The van der Waals surface area contributed by atoms with Gasteiger partial charge in [-0.3, -0.25) is 0 Å². The molecule has 2 nitrogen and oxygen atoms in total. The molecule has 1 rings (SSSR count). The van der Waals surface area contributed by atoms with Gasteiger partial charge in [0.2, 0.25) is 0 Å². The van der Waals surface area contributed by atoms with Crippen LogP contribution in [0.15, 0.2) is 18.2 Å². The van der Waals surface area contributed by atoms with E-state index in [2.05, 4.69) is 28.7 Å². The molecule has 0 aliphatic carbocycles. The minimum Gasteiger partial charge on any atom is -0.303 e. The molecular weight excluding hydrogens is 277 g/mol. The molecule has 0 radical (unpaired) electrons. The molecule has 0 fully saturated rings. The summed E-state index contributed by atoms with van der Waals surface area (Å²) < 4.78 is 0.895. The normalized spacial score (nSPS) is 11.8. The van der Waals surface area contributed by atoms with Crippen LogP contribution in [-0.2, 0) is 4.79 Å². The number of hydrogen-bond donors (Lipinski definition) is 0. The third-order valence-corrected chi connectivity index (χ3v) is 2.74. The van der Waals surface area contributed by atoms with Crippen LogP contribution in [0.3, 0.4) is 0 Å². The molecular formula is C10H8INO. The Labute approximate surface area is 90.7 Å². The molecule has 1 atom stereocenters. The Balaban J connectivity index is 3.11. The lowest BCUT2D eigenvalue weighted by Crippen LogP contribution is -1.95. The first kappa shape index (κ1) is 10.2. The highest BCUT2D eigenvalue weighted by atomic mass is 127. The van der Waals surface area contributed by atoms with Crippen molar-refractivity contribution in [1.82, 2.24) is 0 Å². The highest BCUT2D eigenvalue weighted by Gasteiger charge is 2.06. The van der Waals surface area contributed by atoms with Crippen molar-refractivity contribution in [2.24, 2.45) is 0 Å². The molecule has 0 N–H and O–H groups in total. The zero-order valence-electron chi connectivity index (χ0n) is 7.12. The molecule has 0 aromatic heterocycles. The van der Waals surface area contributed by atoms with Crippen LogP contribution in [0.2, 0.25) is 0 Å². The maximum absolute atomic E-state index is 10.5. The van der Waals surface area contributed by atoms with E-state index >= 15 is 0 Å². The maximum atomic E-state index is 10.5. The molecule has 0 saturated carbocycles. The number of halogens is 1. The number of nitriles is 1. The fourth-order valence-electron chi connectivity index (χ4n) is 0.984. The average Bonchev–Trinajstić information content (AvgIpc) is 2.16. The van der Waals surface area contributed by atoms with Gasteiger partial charge in [0, 0.05) is 9.49 Å². The van der Waals surface area contributed by atoms with Gasteiger partial charge in [0.25, 0.3) is 0 Å². The summed E-state index contributed by atoms with van der Waals surface area (Å²) in [4.78, 5) is 10.5. The molecule has 1 unspecified atom stereocenters. The van der Waals surface area contributed by atoms with Gasteiger partial charge in [-0.15, -0.1) is 0 Å². The fraction of sp³-hybridized carbons (Fsp3) is 0.200. The first-order valence-electron chi connectivity index (χ1n) is 3.84. The second kappa shape index (κ2) is 4.38. The molecule has 0 bridgehead atoms. The van der Waals surface area contributed by atoms with Crippen molar-refractivity contribution in [2.75, 3.05) is 0 Å². The van der Waals surface area contributed by atoms with E-state index in [0.29, 0.717) is 5.56 Å². The van der Waals surface area contributed by atoms with Gasteiger partial charge in [-0.25, -0.2) is 0 Å². The molecule has 1 aromatic carbocycles. The van der Waals surface area contributed by atoms with Gasteiger partial charge in [-0.1, -0.05) is 13.0 Å². The zero-order chi connectivity index (χ0) is 9.84. The van der Waals surface area contributed by atoms with Crippen molar-refractivity contribution < 1.29 is 4.79 Å². The van der Waals surface area contributed by atoms with Crippen molar-refractivity contribution in [1.29, 1.82) is 5.26 Å². The van der Waals surface area contributed by atoms with E-state index in [1.165, 1.54) is 0 Å². The number of carbonyl (C=O) groups excluding carboxylic acids is 1. The van der Waals surface area contributed by atoms with Gasteiger partial charge in [0.05, 0.1) is 5.56 Å². The van der Waals surface area contributed by atoms with Crippen LogP contribution in [-0.4, -0.2) is 6.29 Å². The second-order valence-corrected chi connectivity index (χ2v) is 3.94. The summed E-state index contributed by atoms with van der Waals surface area (Å²) in [6.07, 6.45) is 0.900. The summed E-state index contributed by atoms with van der Waals surface area (Å²) in [5.41, 5.74) is 1.61. The van der Waals surface area contributed by atoms with E-state index in [-0.39, 0.29) is 5.92 Å². The highest BCUT2D eigenvalue weighted by Crippen LogP contribution is 2.18. The summed E-state index contributed by atoms with van der Waals surface area (Å²) in [6, 6.07) is 7.52. The van der Waals surface area contributed by atoms with Gasteiger partial charge in [-0.05, 0) is 40.3 Å². The minimum atomic E-state index is -0.0961. The quantitative estimate of drug-likeness (QED) is 0.618. The predicted molar refractivity (Wildman–Crippen MR) is 58.4 cm³/mol. The van der Waals surface area contributed by atoms with Crippen LogP contribution in [0.5, 0.6) is 0 Å². The van der Waals surface area contributed by atoms with Crippen LogP contribution in [0.1, 0.15) is 24.0 Å².